The van der Waals surface area contributed by atoms with E-state index in [0.717, 1.165) is 36.0 Å². The van der Waals surface area contributed by atoms with Crippen LogP contribution in [0.3, 0.4) is 0 Å². The molecule has 3 aromatic rings. The van der Waals surface area contributed by atoms with Crippen LogP contribution in [0.4, 0.5) is 17.1 Å². The second-order valence-corrected chi connectivity index (χ2v) is 15.3. The van der Waals surface area contributed by atoms with E-state index >= 15 is 0 Å². The average Bonchev–Trinajstić information content (AvgIpc) is 3.65. The molecule has 0 radical (unpaired) electrons. The Balaban J connectivity index is 0.000000532. The normalized spacial score (nSPS) is 13.4. The van der Waals surface area contributed by atoms with Gasteiger partial charge in [-0.15, -0.1) is 5.69 Å². The Hall–Kier alpha value is -2.05. The quantitative estimate of drug-likeness (QED) is 0.158. The third-order valence-electron chi connectivity index (χ3n) is 8.88. The molecule has 0 bridgehead atoms. The largest absolute Gasteiger partial charge is 2.00 e. The molecule has 0 saturated carbocycles. The van der Waals surface area contributed by atoms with E-state index in [2.05, 4.69) is 163 Å². The summed E-state index contributed by atoms with van der Waals surface area (Å²) < 4.78 is 4.94. The van der Waals surface area contributed by atoms with Gasteiger partial charge in [-0.05, 0) is 77.5 Å². The van der Waals surface area contributed by atoms with Crippen molar-refractivity contribution in [2.24, 2.45) is 4.99 Å². The molecule has 6 heteroatoms. The van der Waals surface area contributed by atoms with Gasteiger partial charge in [0.1, 0.15) is 0 Å². The van der Waals surface area contributed by atoms with Crippen molar-refractivity contribution in [2.45, 2.75) is 145 Å². The second kappa shape index (κ2) is 23.6. The Morgan fingerprint density at radius 3 is 1.29 bits per heavy atom. The number of ether oxygens (including phenoxy) is 1. The molecule has 1 saturated heterocycles. The number of allylic oxidation sites excluding steroid dienone is 2. The van der Waals surface area contributed by atoms with Crippen LogP contribution in [-0.4, -0.2) is 64.6 Å². The number of hydrogen-bond donors (Lipinski definition) is 1. The van der Waals surface area contributed by atoms with Gasteiger partial charge in [-0.3, -0.25) is 4.99 Å². The van der Waals surface area contributed by atoms with Crippen LogP contribution in [0, 0.1) is 0 Å². The van der Waals surface area contributed by atoms with Crippen molar-refractivity contribution in [2.75, 3.05) is 18.4 Å². The van der Waals surface area contributed by atoms with E-state index in [0.29, 0.717) is 35.5 Å². The molecule has 0 spiro atoms. The maximum atomic E-state index is 5.08. The first-order chi connectivity index (χ1) is 23.6. The maximum Gasteiger partial charge on any atom is 2.00 e. The molecule has 1 N–H and O–H groups in total. The minimum atomic E-state index is 0. The SMILES string of the molecule is C1CCOC1.CC(/C=C(/C)[N-]c1c(C(C)C)cccc1C(C)C)=Nc1c(C(C)C)cccc1C(C)C.[BH3-]Nc1c(C(C)C)cccc1C(C)C.[Ca+2]. The van der Waals surface area contributed by atoms with Gasteiger partial charge in [-0.2, -0.15) is 5.70 Å². The van der Waals surface area contributed by atoms with Gasteiger partial charge < -0.3 is 15.3 Å². The molecular weight excluding hydrogens is 649 g/mol. The summed E-state index contributed by atoms with van der Waals surface area (Å²) in [6.07, 6.45) is 4.67. The zero-order valence-electron chi connectivity index (χ0n) is 34.1. The molecule has 0 atom stereocenters. The van der Waals surface area contributed by atoms with E-state index < -0.39 is 0 Å². The summed E-state index contributed by atoms with van der Waals surface area (Å²) in [6.45, 7) is 33.1. The van der Waals surface area contributed by atoms with Crippen LogP contribution in [0.1, 0.15) is 179 Å². The molecule has 0 unspecified atom stereocenters. The summed E-state index contributed by atoms with van der Waals surface area (Å²) in [5.41, 5.74) is 13.8. The summed E-state index contributed by atoms with van der Waals surface area (Å²) in [5, 5.41) is 8.66. The molecule has 0 aliphatic carbocycles. The molecule has 1 aliphatic rings. The van der Waals surface area contributed by atoms with Crippen LogP contribution in [0.15, 0.2) is 71.4 Å². The topological polar surface area (TPSA) is 47.7 Å². The Kier molecular flexibility index (Phi) is 21.7. The molecule has 1 fully saturated rings. The van der Waals surface area contributed by atoms with Crippen molar-refractivity contribution in [3.8, 4) is 0 Å². The van der Waals surface area contributed by atoms with E-state index in [1.165, 1.54) is 51.9 Å². The third kappa shape index (κ3) is 14.7. The predicted molar refractivity (Wildman–Crippen MR) is 233 cm³/mol. The Labute approximate surface area is 344 Å². The van der Waals surface area contributed by atoms with Gasteiger partial charge in [0.05, 0.1) is 5.69 Å². The zero-order valence-corrected chi connectivity index (χ0v) is 36.3. The summed E-state index contributed by atoms with van der Waals surface area (Å²) in [6, 6.07) is 19.8. The minimum Gasteiger partial charge on any atom is -0.661 e. The van der Waals surface area contributed by atoms with Crippen molar-refractivity contribution in [3.05, 3.63) is 105 Å². The summed E-state index contributed by atoms with van der Waals surface area (Å²) in [7, 11) is 0.222. The molecule has 1 heterocycles. The monoisotopic (exact) mass is 720 g/mol. The second-order valence-electron chi connectivity index (χ2n) is 15.3. The molecular formula is C45H70BCaN3O. The van der Waals surface area contributed by atoms with E-state index in [1.807, 2.05) is 0 Å². The van der Waals surface area contributed by atoms with Gasteiger partial charge in [0.25, 0.3) is 0 Å². The third-order valence-corrected chi connectivity index (χ3v) is 8.88. The van der Waals surface area contributed by atoms with Crippen LogP contribution in [-0.2, 0) is 4.74 Å². The van der Waals surface area contributed by atoms with E-state index in [1.54, 1.807) is 0 Å². The van der Waals surface area contributed by atoms with Gasteiger partial charge in [-0.25, -0.2) is 0 Å². The van der Waals surface area contributed by atoms with Crippen molar-refractivity contribution < 1.29 is 4.74 Å². The number of rotatable bonds is 11. The first-order valence-electron chi connectivity index (χ1n) is 18.7. The van der Waals surface area contributed by atoms with E-state index in [-0.39, 0.29) is 45.7 Å². The van der Waals surface area contributed by atoms with E-state index in [9.17, 15) is 0 Å². The summed E-state index contributed by atoms with van der Waals surface area (Å²) in [5.74, 6) is 2.99. The predicted octanol–water partition coefficient (Wildman–Crippen LogP) is 12.9. The molecule has 0 amide bonds. The zero-order chi connectivity index (χ0) is 37.5. The van der Waals surface area contributed by atoms with Crippen LogP contribution in [0.2, 0.25) is 0 Å². The van der Waals surface area contributed by atoms with Gasteiger partial charge in [0, 0.05) is 32.6 Å². The summed E-state index contributed by atoms with van der Waals surface area (Å²) in [4.78, 5) is 5.08. The van der Waals surface area contributed by atoms with Crippen molar-refractivity contribution in [3.63, 3.8) is 0 Å². The minimum absolute atomic E-state index is 0. The maximum absolute atomic E-state index is 5.08. The average molecular weight is 720 g/mol. The molecule has 0 aromatic heterocycles. The van der Waals surface area contributed by atoms with E-state index in [4.69, 9.17) is 15.0 Å². The Morgan fingerprint density at radius 1 is 0.627 bits per heavy atom. The summed E-state index contributed by atoms with van der Waals surface area (Å²) >= 11 is 0. The fourth-order valence-corrected chi connectivity index (χ4v) is 6.06. The number of nitrogens with one attached hydrogen (secondary N) is 1. The Morgan fingerprint density at radius 2 is 0.980 bits per heavy atom. The van der Waals surface area contributed by atoms with Crippen LogP contribution < -0.4 is 5.23 Å². The van der Waals surface area contributed by atoms with Crippen molar-refractivity contribution >= 4 is 68.5 Å². The van der Waals surface area contributed by atoms with Gasteiger partial charge in [-0.1, -0.05) is 162 Å². The van der Waals surface area contributed by atoms with Crippen LogP contribution in [0.5, 0.6) is 0 Å². The van der Waals surface area contributed by atoms with Gasteiger partial charge >= 0.3 is 37.7 Å². The van der Waals surface area contributed by atoms with Crippen molar-refractivity contribution in [1.29, 1.82) is 0 Å². The Bertz CT molecular complexity index is 1450. The standard InChI is InChI=1S/C29H41N2.C12H21BN.C4H8O.Ca/c1-18(2)24-13-11-14-25(19(3)4)28(24)30-22(9)17-23(10)31-29-26(20(5)6)15-12-16-27(29)21(7)8;1-8(2)10-6-5-7-11(9(3)4)12(10)14-13;1-2-4-5-3-1;/h11-21H,1-10H3;5-9,14H,1-4,13H3;1-4H2;/q2*-1;;+2/b22-17-,31-23?;;;. The number of aliphatic imine (C=N–C) groups is 1. The fourth-order valence-electron chi connectivity index (χ4n) is 6.06. The number of para-hydroxylation sites is 3. The number of benzene rings is 3. The molecule has 3 aromatic carbocycles. The van der Waals surface area contributed by atoms with Crippen LogP contribution in [0.25, 0.3) is 5.32 Å². The molecule has 4 rings (SSSR count). The smallest absolute Gasteiger partial charge is 0.661 e. The first kappa shape index (κ1) is 47.0. The number of hydrogen-bond acceptors (Lipinski definition) is 3. The van der Waals surface area contributed by atoms with Gasteiger partial charge in [0.15, 0.2) is 0 Å². The van der Waals surface area contributed by atoms with Gasteiger partial charge in [0.2, 0.25) is 0 Å². The number of nitrogens with zero attached hydrogens (tertiary/aromatic N) is 2. The molecule has 4 nitrogen and oxygen atoms in total. The number of anilines is 1. The van der Waals surface area contributed by atoms with Crippen LogP contribution >= 0.6 is 0 Å². The first-order valence-corrected chi connectivity index (χ1v) is 18.7. The molecule has 1 aliphatic heterocycles. The van der Waals surface area contributed by atoms with Crippen molar-refractivity contribution in [1.82, 2.24) is 0 Å². The molecule has 276 valence electrons. The molecule has 51 heavy (non-hydrogen) atoms. The fraction of sp³-hybridized carbons (Fsp3) is 0.533.